The fraction of sp³-hybridized carbons (Fsp3) is 0.467. The molecule has 4 heteroatoms. The predicted molar refractivity (Wildman–Crippen MR) is 80.0 cm³/mol. The van der Waals surface area contributed by atoms with Crippen molar-refractivity contribution < 1.29 is 4.79 Å². The highest BCUT2D eigenvalue weighted by Crippen LogP contribution is 2.60. The lowest BCUT2D eigenvalue weighted by Crippen LogP contribution is -2.29. The zero-order chi connectivity index (χ0) is 13.8. The summed E-state index contributed by atoms with van der Waals surface area (Å²) in [6, 6.07) is 6.28. The summed E-state index contributed by atoms with van der Waals surface area (Å²) in [6.45, 7) is 6.54. The zero-order valence-corrected chi connectivity index (χ0v) is 12.3. The Morgan fingerprint density at radius 2 is 2.11 bits per heavy atom. The maximum Gasteiger partial charge on any atom is 0.243 e. The second-order valence-corrected chi connectivity index (χ2v) is 7.09. The molecule has 1 unspecified atom stereocenters. The molecule has 1 aromatic rings. The first-order valence-corrected chi connectivity index (χ1v) is 7.53. The molecule has 2 fully saturated rings. The highest BCUT2D eigenvalue weighted by molar-refractivity contribution is 8.15. The molecule has 1 saturated heterocycles. The molecule has 1 heterocycles. The third-order valence-corrected chi connectivity index (χ3v) is 4.95. The van der Waals surface area contributed by atoms with Gasteiger partial charge in [0.15, 0.2) is 5.17 Å². The number of hydrogen-bond donors (Lipinski definition) is 1. The van der Waals surface area contributed by atoms with E-state index in [4.69, 9.17) is 5.41 Å². The van der Waals surface area contributed by atoms with Gasteiger partial charge in [-0.1, -0.05) is 37.7 Å². The van der Waals surface area contributed by atoms with Crippen LogP contribution in [0.2, 0.25) is 0 Å². The summed E-state index contributed by atoms with van der Waals surface area (Å²) < 4.78 is 0. The van der Waals surface area contributed by atoms with Crippen LogP contribution in [0.1, 0.15) is 37.3 Å². The molecule has 3 nitrogen and oxygen atoms in total. The maximum absolute atomic E-state index is 12.0. The second-order valence-electron chi connectivity index (χ2n) is 6.13. The molecule has 1 aromatic carbocycles. The number of carbonyl (C=O) groups excluding carboxylic acids is 1. The number of nitrogens with zero attached hydrogens (tertiary/aromatic N) is 1. The number of benzene rings is 1. The Morgan fingerprint density at radius 3 is 2.63 bits per heavy atom. The normalized spacial score (nSPS) is 25.0. The fourth-order valence-corrected chi connectivity index (χ4v) is 3.47. The molecule has 1 amide bonds. The highest BCUT2D eigenvalue weighted by Gasteiger charge is 2.48. The Hall–Kier alpha value is -1.29. The SMILES string of the molecule is Cc1ccc(C2CC2(C)C)c(N2C(=N)SCC2=O)c1. The van der Waals surface area contributed by atoms with Gasteiger partial charge in [0, 0.05) is 0 Å². The van der Waals surface area contributed by atoms with Crippen LogP contribution in [-0.4, -0.2) is 16.8 Å². The molecule has 0 aromatic heterocycles. The van der Waals surface area contributed by atoms with E-state index in [0.717, 1.165) is 17.7 Å². The number of amidine groups is 1. The van der Waals surface area contributed by atoms with Gasteiger partial charge in [-0.25, -0.2) is 0 Å². The molecule has 1 N–H and O–H groups in total. The third-order valence-electron chi connectivity index (χ3n) is 4.10. The summed E-state index contributed by atoms with van der Waals surface area (Å²) in [5.74, 6) is 0.926. The lowest BCUT2D eigenvalue weighted by molar-refractivity contribution is -0.115. The van der Waals surface area contributed by atoms with Crippen molar-refractivity contribution in [1.82, 2.24) is 0 Å². The Bertz CT molecular complexity index is 564. The van der Waals surface area contributed by atoms with E-state index in [1.54, 1.807) is 4.90 Å². The number of nitrogens with one attached hydrogen (secondary N) is 1. The number of amides is 1. The first-order chi connectivity index (χ1) is 8.90. The third kappa shape index (κ3) is 2.08. The van der Waals surface area contributed by atoms with E-state index in [-0.39, 0.29) is 5.91 Å². The lowest BCUT2D eigenvalue weighted by atomic mass is 9.99. The van der Waals surface area contributed by atoms with E-state index >= 15 is 0 Å². The molecule has 2 aliphatic rings. The number of anilines is 1. The maximum atomic E-state index is 12.0. The van der Waals surface area contributed by atoms with Gasteiger partial charge in [0.2, 0.25) is 5.91 Å². The van der Waals surface area contributed by atoms with Crippen LogP contribution < -0.4 is 4.90 Å². The van der Waals surface area contributed by atoms with Crippen LogP contribution in [0.3, 0.4) is 0 Å². The number of carbonyl (C=O) groups is 1. The molecule has 19 heavy (non-hydrogen) atoms. The Kier molecular flexibility index (Phi) is 2.75. The summed E-state index contributed by atoms with van der Waals surface area (Å²) in [6.07, 6.45) is 1.16. The Labute approximate surface area is 117 Å². The minimum absolute atomic E-state index is 0.0281. The zero-order valence-electron chi connectivity index (χ0n) is 11.5. The fourth-order valence-electron chi connectivity index (χ4n) is 2.76. The van der Waals surface area contributed by atoms with Gasteiger partial charge >= 0.3 is 0 Å². The van der Waals surface area contributed by atoms with Crippen LogP contribution in [0.25, 0.3) is 0 Å². The number of aryl methyl sites for hydroxylation is 1. The van der Waals surface area contributed by atoms with Crippen molar-refractivity contribution in [2.45, 2.75) is 33.1 Å². The van der Waals surface area contributed by atoms with Gasteiger partial charge in [-0.3, -0.25) is 15.1 Å². The summed E-state index contributed by atoms with van der Waals surface area (Å²) in [5.41, 5.74) is 3.60. The van der Waals surface area contributed by atoms with Crippen molar-refractivity contribution in [2.24, 2.45) is 5.41 Å². The summed E-state index contributed by atoms with van der Waals surface area (Å²) in [7, 11) is 0. The number of hydrogen-bond acceptors (Lipinski definition) is 3. The van der Waals surface area contributed by atoms with Gasteiger partial charge in [-0.15, -0.1) is 0 Å². The number of rotatable bonds is 2. The minimum Gasteiger partial charge on any atom is -0.278 e. The van der Waals surface area contributed by atoms with E-state index in [1.165, 1.54) is 17.3 Å². The monoisotopic (exact) mass is 274 g/mol. The molecule has 100 valence electrons. The molecule has 3 rings (SSSR count). The summed E-state index contributed by atoms with van der Waals surface area (Å²) in [4.78, 5) is 13.6. The van der Waals surface area contributed by atoms with Gasteiger partial charge in [-0.05, 0) is 41.9 Å². The van der Waals surface area contributed by atoms with Gasteiger partial charge in [0.25, 0.3) is 0 Å². The Balaban J connectivity index is 2.07. The van der Waals surface area contributed by atoms with E-state index < -0.39 is 0 Å². The molecule has 1 saturated carbocycles. The smallest absolute Gasteiger partial charge is 0.243 e. The van der Waals surface area contributed by atoms with Crippen molar-refractivity contribution in [2.75, 3.05) is 10.7 Å². The first-order valence-electron chi connectivity index (χ1n) is 6.55. The quantitative estimate of drug-likeness (QED) is 0.896. The van der Waals surface area contributed by atoms with Gasteiger partial charge in [-0.2, -0.15) is 0 Å². The molecule has 0 spiro atoms. The van der Waals surface area contributed by atoms with Crippen LogP contribution in [-0.2, 0) is 4.79 Å². The van der Waals surface area contributed by atoms with Crippen LogP contribution in [0.15, 0.2) is 18.2 Å². The molecule has 1 atom stereocenters. The molecule has 1 aliphatic heterocycles. The van der Waals surface area contributed by atoms with Crippen molar-refractivity contribution in [3.05, 3.63) is 29.3 Å². The van der Waals surface area contributed by atoms with Gasteiger partial charge in [0.1, 0.15) is 0 Å². The largest absolute Gasteiger partial charge is 0.278 e. The van der Waals surface area contributed by atoms with Crippen LogP contribution >= 0.6 is 11.8 Å². The molecule has 0 bridgehead atoms. The van der Waals surface area contributed by atoms with Crippen molar-refractivity contribution in [3.8, 4) is 0 Å². The van der Waals surface area contributed by atoms with Crippen molar-refractivity contribution >= 4 is 28.5 Å². The average Bonchev–Trinajstić information content (AvgIpc) is 2.82. The highest BCUT2D eigenvalue weighted by atomic mass is 32.2. The van der Waals surface area contributed by atoms with Crippen LogP contribution in [0.4, 0.5) is 5.69 Å². The van der Waals surface area contributed by atoms with E-state index in [9.17, 15) is 4.79 Å². The standard InChI is InChI=1S/C15H18N2OS/c1-9-4-5-10(11-7-15(11,2)3)12(6-9)17-13(18)8-19-14(17)16/h4-6,11,16H,7-8H2,1-3H3. The summed E-state index contributed by atoms with van der Waals surface area (Å²) in [5, 5.41) is 8.33. The van der Waals surface area contributed by atoms with E-state index in [1.807, 2.05) is 13.0 Å². The number of thioether (sulfide) groups is 1. The summed E-state index contributed by atoms with van der Waals surface area (Å²) >= 11 is 1.31. The second kappa shape index (κ2) is 4.10. The molecule has 0 radical (unpaired) electrons. The predicted octanol–water partition coefficient (Wildman–Crippen LogP) is 3.52. The van der Waals surface area contributed by atoms with E-state index in [2.05, 4.69) is 26.0 Å². The first kappa shape index (κ1) is 12.7. The minimum atomic E-state index is 0.0281. The van der Waals surface area contributed by atoms with Crippen molar-refractivity contribution in [3.63, 3.8) is 0 Å². The molecular formula is C15H18N2OS. The van der Waals surface area contributed by atoms with Crippen molar-refractivity contribution in [1.29, 1.82) is 5.41 Å². The molecular weight excluding hydrogens is 256 g/mol. The Morgan fingerprint density at radius 1 is 1.42 bits per heavy atom. The lowest BCUT2D eigenvalue weighted by Gasteiger charge is -2.20. The van der Waals surface area contributed by atoms with Crippen LogP contribution in [0.5, 0.6) is 0 Å². The topological polar surface area (TPSA) is 44.2 Å². The van der Waals surface area contributed by atoms with Gasteiger partial charge < -0.3 is 0 Å². The van der Waals surface area contributed by atoms with E-state index in [0.29, 0.717) is 22.3 Å². The molecule has 1 aliphatic carbocycles. The van der Waals surface area contributed by atoms with Gasteiger partial charge in [0.05, 0.1) is 11.4 Å². The average molecular weight is 274 g/mol. The van der Waals surface area contributed by atoms with Crippen LogP contribution in [0, 0.1) is 17.7 Å².